The van der Waals surface area contributed by atoms with E-state index in [1.807, 2.05) is 70.3 Å². The molecule has 2 aromatic rings. The van der Waals surface area contributed by atoms with Crippen LogP contribution < -0.4 is 10.7 Å². The number of oxime groups is 1. The largest absolute Gasteiger partial charge is 0.509 e. The molecule has 0 amide bonds. The number of cyclic esters (lactones) is 1. The van der Waals surface area contributed by atoms with E-state index in [4.69, 9.17) is 38.0 Å². The molecular formula is C51H76N4O15. The van der Waals surface area contributed by atoms with Gasteiger partial charge >= 0.3 is 24.1 Å². The Hall–Kier alpha value is -4.66. The fourth-order valence-corrected chi connectivity index (χ4v) is 11.0. The third-order valence-electron chi connectivity index (χ3n) is 15.0. The number of carboxylic acids is 1. The zero-order valence-electron chi connectivity index (χ0n) is 42.9. The summed E-state index contributed by atoms with van der Waals surface area (Å²) in [5.74, 6) is -5.47. The molecule has 3 saturated heterocycles. The summed E-state index contributed by atoms with van der Waals surface area (Å²) in [6, 6.07) is 5.48. The molecule has 19 nitrogen and oxygen atoms in total. The van der Waals surface area contributed by atoms with Crippen LogP contribution >= 0.6 is 0 Å². The molecule has 70 heavy (non-hydrogen) atoms. The third-order valence-corrected chi connectivity index (χ3v) is 15.0. The number of nitrogens with zero attached hydrogens (tertiary/aromatic N) is 3. The van der Waals surface area contributed by atoms with Crippen LogP contribution in [0.15, 0.2) is 34.3 Å². The number of rotatable bonds is 16. The monoisotopic (exact) mass is 985 g/mol. The number of methoxy groups -OCH3 is 1. The highest BCUT2D eigenvalue weighted by atomic mass is 16.8. The van der Waals surface area contributed by atoms with Gasteiger partial charge in [0, 0.05) is 55.1 Å². The van der Waals surface area contributed by atoms with Gasteiger partial charge in [0.1, 0.15) is 31.0 Å². The Morgan fingerprint density at radius 1 is 1.01 bits per heavy atom. The summed E-state index contributed by atoms with van der Waals surface area (Å²) >= 11 is 0. The second kappa shape index (κ2) is 22.8. The Kier molecular flexibility index (Phi) is 17.8. The lowest BCUT2D eigenvalue weighted by atomic mass is 9.73. The number of hydrogen-bond acceptors (Lipinski definition) is 17. The normalized spacial score (nSPS) is 34.9. The fourth-order valence-electron chi connectivity index (χ4n) is 11.0. The number of likely N-dealkylation sites (N-methyl/N-ethyl adjacent to an activating group) is 1. The van der Waals surface area contributed by atoms with E-state index >= 15 is 0 Å². The number of nitrogens with one attached hydrogen (secondary N) is 1. The molecular weight excluding hydrogens is 909 g/mol. The Morgan fingerprint density at radius 3 is 2.36 bits per heavy atom. The lowest BCUT2D eigenvalue weighted by molar-refractivity contribution is -0.301. The number of esters is 2. The van der Waals surface area contributed by atoms with Crippen molar-refractivity contribution in [2.24, 2.45) is 28.8 Å². The molecule has 4 aliphatic rings. The lowest BCUT2D eigenvalue weighted by Gasteiger charge is -2.48. The summed E-state index contributed by atoms with van der Waals surface area (Å²) in [6.45, 7) is 15.2. The van der Waals surface area contributed by atoms with Gasteiger partial charge in [0.15, 0.2) is 18.0 Å². The van der Waals surface area contributed by atoms with Crippen LogP contribution in [0.5, 0.6) is 0 Å². The molecule has 0 radical (unpaired) electrons. The summed E-state index contributed by atoms with van der Waals surface area (Å²) < 4.78 is 45.8. The number of ether oxygens (including phenoxy) is 7. The van der Waals surface area contributed by atoms with Gasteiger partial charge in [0.05, 0.1) is 41.4 Å². The van der Waals surface area contributed by atoms with E-state index in [-0.39, 0.29) is 49.6 Å². The summed E-state index contributed by atoms with van der Waals surface area (Å²) in [6.07, 6.45) is -1.99. The standard InChI is InChI=1S/C51H76N4O15/c1-13-38-51(8)45(69-49(62)70-51)29(4)40(53-64-12)27(2)25-50(7,63-11)44(68-48-42(58)37(54(9)10)23-28(3)65-48)30(5)43(31(6)47(61)66-38)67-39(56)20-22-52-21-14-15-32-16-19-36-34(24-32)41(57)35(46(59)60)26-55(36)33-17-18-33/h16,19,24,26-31,33,37-38,42-45,48,52,58H,13-15,17-18,20-23,25H2,1-12H3,(H,59,60)/b53-40+/t27-,28-,29+,30+,31-,37+,38-,42-,43+,44-,45-,48+,50-,51-/m1/s1. The van der Waals surface area contributed by atoms with Crippen molar-refractivity contribution in [2.45, 2.75) is 173 Å². The lowest BCUT2D eigenvalue weighted by Crippen LogP contribution is -2.60. The summed E-state index contributed by atoms with van der Waals surface area (Å²) in [4.78, 5) is 73.9. The van der Waals surface area contributed by atoms with Gasteiger partial charge in [-0.1, -0.05) is 38.9 Å². The second-order valence-corrected chi connectivity index (χ2v) is 20.5. The molecule has 1 aromatic heterocycles. The topological polar surface area (TPSA) is 232 Å². The zero-order valence-corrected chi connectivity index (χ0v) is 42.9. The minimum Gasteiger partial charge on any atom is -0.477 e. The Labute approximate surface area is 410 Å². The molecule has 4 fully saturated rings. The SMILES string of the molecule is CC[C@H]1OC(=O)[C@H](C)[C@@H](OC(=O)CCNCCCc2ccc3c(c2)c(=O)c(C(=O)O)cn3C2CC2)[C@H](C)[C@@H](O[C@@H]2O[C@H](C)C[C@H](N(C)C)[C@H]2O)[C@](C)(OC)C[C@@H](C)/C(=N\OC)[C@H](C)[C@H]2OC(=O)O[C@@]21C. The number of carbonyl (C=O) groups is 4. The van der Waals surface area contributed by atoms with E-state index in [1.165, 1.54) is 13.3 Å². The van der Waals surface area contributed by atoms with Gasteiger partial charge in [-0.05, 0) is 111 Å². The number of hydrogen-bond donors (Lipinski definition) is 3. The van der Waals surface area contributed by atoms with Crippen LogP contribution in [0.3, 0.4) is 0 Å². The van der Waals surface area contributed by atoms with Crippen LogP contribution in [0, 0.1) is 23.7 Å². The van der Waals surface area contributed by atoms with E-state index in [0.717, 1.165) is 23.9 Å². The molecule has 19 heteroatoms. The van der Waals surface area contributed by atoms with Crippen molar-refractivity contribution in [1.82, 2.24) is 14.8 Å². The highest BCUT2D eigenvalue weighted by Crippen LogP contribution is 2.43. The fraction of sp³-hybridized carbons (Fsp3) is 0.725. The van der Waals surface area contributed by atoms with E-state index in [0.29, 0.717) is 36.9 Å². The van der Waals surface area contributed by atoms with Gasteiger partial charge < -0.3 is 63.0 Å². The van der Waals surface area contributed by atoms with Crippen molar-refractivity contribution in [3.63, 3.8) is 0 Å². The molecule has 4 heterocycles. The van der Waals surface area contributed by atoms with Crippen molar-refractivity contribution in [3.8, 4) is 0 Å². The minimum atomic E-state index is -1.44. The minimum absolute atomic E-state index is 0.0599. The number of carboxylic acid groups (broad SMARTS) is 1. The third kappa shape index (κ3) is 11.8. The zero-order chi connectivity index (χ0) is 51.4. The number of benzene rings is 1. The molecule has 14 atom stereocenters. The number of fused-ring (bicyclic) bond motifs is 2. The number of aromatic nitrogens is 1. The van der Waals surface area contributed by atoms with Crippen LogP contribution in [0.2, 0.25) is 0 Å². The van der Waals surface area contributed by atoms with Crippen molar-refractivity contribution in [2.75, 3.05) is 41.4 Å². The predicted octanol–water partition coefficient (Wildman–Crippen LogP) is 5.64. The van der Waals surface area contributed by atoms with E-state index in [1.54, 1.807) is 33.9 Å². The van der Waals surface area contributed by atoms with Crippen molar-refractivity contribution >= 4 is 40.7 Å². The van der Waals surface area contributed by atoms with Crippen LogP contribution in [0.25, 0.3) is 10.9 Å². The molecule has 6 rings (SSSR count). The predicted molar refractivity (Wildman–Crippen MR) is 257 cm³/mol. The Bertz CT molecular complexity index is 2280. The molecule has 1 aromatic carbocycles. The van der Waals surface area contributed by atoms with Gasteiger partial charge in [-0.15, -0.1) is 0 Å². The molecule has 3 aliphatic heterocycles. The Morgan fingerprint density at radius 2 is 1.73 bits per heavy atom. The average molecular weight is 985 g/mol. The first-order valence-corrected chi connectivity index (χ1v) is 24.8. The number of aryl methyl sites for hydroxylation is 1. The maximum Gasteiger partial charge on any atom is 0.509 e. The quantitative estimate of drug-likeness (QED) is 0.0799. The molecule has 3 N–H and O–H groups in total. The van der Waals surface area contributed by atoms with Gasteiger partial charge in [-0.3, -0.25) is 14.4 Å². The highest BCUT2D eigenvalue weighted by molar-refractivity contribution is 5.93. The Balaban J connectivity index is 1.25. The number of aliphatic hydroxyl groups is 1. The van der Waals surface area contributed by atoms with Gasteiger partial charge in [0.25, 0.3) is 0 Å². The first-order chi connectivity index (χ1) is 33.1. The van der Waals surface area contributed by atoms with Crippen LogP contribution in [-0.2, 0) is 54.0 Å². The van der Waals surface area contributed by atoms with Gasteiger partial charge in [0.2, 0.25) is 5.43 Å². The maximum absolute atomic E-state index is 14.5. The highest BCUT2D eigenvalue weighted by Gasteiger charge is 2.59. The molecule has 1 aliphatic carbocycles. The van der Waals surface area contributed by atoms with Crippen molar-refractivity contribution in [1.29, 1.82) is 0 Å². The second-order valence-electron chi connectivity index (χ2n) is 20.5. The average Bonchev–Trinajstić information content (AvgIpc) is 4.11. The molecule has 0 spiro atoms. The molecule has 390 valence electrons. The molecule has 0 bridgehead atoms. The van der Waals surface area contributed by atoms with E-state index in [2.05, 4.69) is 10.5 Å². The summed E-state index contributed by atoms with van der Waals surface area (Å²) in [7, 11) is 6.72. The smallest absolute Gasteiger partial charge is 0.477 e. The summed E-state index contributed by atoms with van der Waals surface area (Å²) in [5, 5.41) is 29.6. The van der Waals surface area contributed by atoms with Gasteiger partial charge in [-0.2, -0.15) is 0 Å². The first kappa shape index (κ1) is 54.7. The summed E-state index contributed by atoms with van der Waals surface area (Å²) in [5.41, 5.74) is -1.30. The number of aliphatic hydroxyl groups excluding tert-OH is 1. The number of aromatic carboxylic acids is 1. The van der Waals surface area contributed by atoms with Crippen LogP contribution in [0.1, 0.15) is 122 Å². The van der Waals surface area contributed by atoms with Crippen LogP contribution in [0.4, 0.5) is 4.79 Å². The van der Waals surface area contributed by atoms with Crippen LogP contribution in [-0.4, -0.2) is 151 Å². The number of pyridine rings is 1. The van der Waals surface area contributed by atoms with Crippen molar-refractivity contribution in [3.05, 3.63) is 45.7 Å². The van der Waals surface area contributed by atoms with E-state index in [9.17, 15) is 34.2 Å². The van der Waals surface area contributed by atoms with Gasteiger partial charge in [-0.25, -0.2) is 9.59 Å². The molecule has 0 unspecified atom stereocenters. The van der Waals surface area contributed by atoms with Crippen molar-refractivity contribution < 1.29 is 67.4 Å². The maximum atomic E-state index is 14.5. The first-order valence-electron chi connectivity index (χ1n) is 24.8. The molecule has 1 saturated carbocycles. The number of carbonyl (C=O) groups excluding carboxylic acids is 3. The van der Waals surface area contributed by atoms with E-state index < -0.39 is 101 Å².